The number of rotatable bonds is 3. The first-order valence-corrected chi connectivity index (χ1v) is 12.0. The van der Waals surface area contributed by atoms with E-state index in [0.29, 0.717) is 27.9 Å². The summed E-state index contributed by atoms with van der Waals surface area (Å²) < 4.78 is 30.9. The Morgan fingerprint density at radius 1 is 0.867 bits per heavy atom. The molecule has 0 aliphatic carbocycles. The van der Waals surface area contributed by atoms with Gasteiger partial charge in [0.2, 0.25) is 5.43 Å². The van der Waals surface area contributed by atoms with Crippen LogP contribution in [0.2, 0.25) is 0 Å². The van der Waals surface area contributed by atoms with Crippen molar-refractivity contribution in [2.45, 2.75) is 4.90 Å². The fraction of sp³-hybridized carbons (Fsp3) is 0.0417. The summed E-state index contributed by atoms with van der Waals surface area (Å²) in [5.41, 5.74) is 1.53. The van der Waals surface area contributed by atoms with Crippen LogP contribution in [0.15, 0.2) is 93.0 Å². The Labute approximate surface area is 177 Å². The first-order chi connectivity index (χ1) is 14.4. The Hall–Kier alpha value is -3.22. The predicted octanol–water partition coefficient (Wildman–Crippen LogP) is 5.75. The van der Waals surface area contributed by atoms with Crippen molar-refractivity contribution in [3.05, 3.63) is 89.1 Å². The lowest BCUT2D eigenvalue weighted by Gasteiger charge is -2.09. The molecule has 0 aliphatic rings. The lowest BCUT2D eigenvalue weighted by atomic mass is 10.0. The molecule has 0 spiro atoms. The molecule has 0 amide bonds. The third-order valence-corrected chi connectivity index (χ3v) is 7.28. The maximum atomic E-state index is 13.5. The summed E-state index contributed by atoms with van der Waals surface area (Å²) in [4.78, 5) is 14.5. The standard InChI is InChI=1S/C24H16O4S2/c1-30(26,27)17-12-10-15(11-13-17)24-22(21-14-16-6-2-5-9-20(16)29-21)23(25)18-7-3-4-8-19(18)28-24/h2-14H,1H3. The molecule has 6 heteroatoms. The lowest BCUT2D eigenvalue weighted by Crippen LogP contribution is -2.06. The molecule has 0 N–H and O–H groups in total. The van der Waals surface area contributed by atoms with Gasteiger partial charge in [0.15, 0.2) is 9.84 Å². The maximum Gasteiger partial charge on any atom is 0.201 e. The predicted molar refractivity (Wildman–Crippen MR) is 122 cm³/mol. The van der Waals surface area contributed by atoms with Gasteiger partial charge in [-0.15, -0.1) is 11.3 Å². The molecule has 0 aliphatic heterocycles. The zero-order chi connectivity index (χ0) is 20.9. The summed E-state index contributed by atoms with van der Waals surface area (Å²) in [6.07, 6.45) is 1.17. The average molecular weight is 433 g/mol. The van der Waals surface area contributed by atoms with Crippen LogP contribution in [0.1, 0.15) is 0 Å². The molecule has 2 aromatic heterocycles. The molecule has 148 valence electrons. The molecule has 0 saturated heterocycles. The van der Waals surface area contributed by atoms with Crippen LogP contribution in [0, 0.1) is 0 Å². The molecule has 0 bridgehead atoms. The van der Waals surface area contributed by atoms with Crippen LogP contribution in [-0.2, 0) is 9.84 Å². The van der Waals surface area contributed by atoms with Crippen molar-refractivity contribution in [3.8, 4) is 21.8 Å². The van der Waals surface area contributed by atoms with Crippen molar-refractivity contribution in [2.24, 2.45) is 0 Å². The van der Waals surface area contributed by atoms with E-state index in [4.69, 9.17) is 4.42 Å². The third kappa shape index (κ3) is 3.14. The number of benzene rings is 3. The van der Waals surface area contributed by atoms with E-state index in [1.54, 1.807) is 24.3 Å². The van der Waals surface area contributed by atoms with Gasteiger partial charge in [-0.25, -0.2) is 8.42 Å². The van der Waals surface area contributed by atoms with E-state index in [9.17, 15) is 13.2 Å². The van der Waals surface area contributed by atoms with Gasteiger partial charge in [0.1, 0.15) is 11.3 Å². The van der Waals surface area contributed by atoms with Crippen LogP contribution in [0.5, 0.6) is 0 Å². The van der Waals surface area contributed by atoms with Crippen LogP contribution < -0.4 is 5.43 Å². The zero-order valence-corrected chi connectivity index (χ0v) is 17.6. The number of thiophene rings is 1. The number of hydrogen-bond donors (Lipinski definition) is 0. The molecule has 2 heterocycles. The third-order valence-electron chi connectivity index (χ3n) is 5.01. The highest BCUT2D eigenvalue weighted by Gasteiger charge is 2.20. The van der Waals surface area contributed by atoms with Gasteiger partial charge in [0, 0.05) is 21.4 Å². The summed E-state index contributed by atoms with van der Waals surface area (Å²) >= 11 is 1.53. The lowest BCUT2D eigenvalue weighted by molar-refractivity contribution is 0.601. The Morgan fingerprint density at radius 2 is 1.57 bits per heavy atom. The van der Waals surface area contributed by atoms with Crippen molar-refractivity contribution in [3.63, 3.8) is 0 Å². The summed E-state index contributed by atoms with van der Waals surface area (Å²) in [6.45, 7) is 0. The number of fused-ring (bicyclic) bond motifs is 2. The number of para-hydroxylation sites is 1. The van der Waals surface area contributed by atoms with Crippen LogP contribution in [0.25, 0.3) is 42.8 Å². The van der Waals surface area contributed by atoms with Crippen molar-refractivity contribution in [2.75, 3.05) is 6.26 Å². The Kier molecular flexibility index (Phi) is 4.34. The van der Waals surface area contributed by atoms with Crippen LogP contribution in [0.4, 0.5) is 0 Å². The van der Waals surface area contributed by atoms with Crippen molar-refractivity contribution in [1.82, 2.24) is 0 Å². The molecule has 0 saturated carbocycles. The minimum absolute atomic E-state index is 0.106. The van der Waals surface area contributed by atoms with Gasteiger partial charge < -0.3 is 4.42 Å². The SMILES string of the molecule is CS(=O)(=O)c1ccc(-c2oc3ccccc3c(=O)c2-c2cc3ccccc3s2)cc1. The minimum Gasteiger partial charge on any atom is -0.455 e. The quantitative estimate of drug-likeness (QED) is 0.364. The van der Waals surface area contributed by atoms with Gasteiger partial charge in [0.05, 0.1) is 15.8 Å². The van der Waals surface area contributed by atoms with Gasteiger partial charge in [-0.2, -0.15) is 0 Å². The molecule has 0 unspecified atom stereocenters. The van der Waals surface area contributed by atoms with Crippen LogP contribution in [0.3, 0.4) is 0 Å². The summed E-state index contributed by atoms with van der Waals surface area (Å²) in [5.74, 6) is 0.435. The number of hydrogen-bond acceptors (Lipinski definition) is 5. The first kappa shape index (κ1) is 18.8. The van der Waals surface area contributed by atoms with Gasteiger partial charge in [-0.1, -0.05) is 30.3 Å². The van der Waals surface area contributed by atoms with Crippen molar-refractivity contribution >= 4 is 42.2 Å². The Bertz CT molecular complexity index is 1540. The molecule has 0 atom stereocenters. The fourth-order valence-corrected chi connectivity index (χ4v) is 5.26. The summed E-state index contributed by atoms with van der Waals surface area (Å²) in [6, 6.07) is 23.6. The number of sulfone groups is 1. The van der Waals surface area contributed by atoms with Gasteiger partial charge in [-0.3, -0.25) is 4.79 Å². The molecule has 0 radical (unpaired) electrons. The molecule has 5 aromatic rings. The molecular formula is C24H16O4S2. The zero-order valence-electron chi connectivity index (χ0n) is 16.0. The van der Waals surface area contributed by atoms with Crippen LogP contribution in [-0.4, -0.2) is 14.7 Å². The molecule has 30 heavy (non-hydrogen) atoms. The van der Waals surface area contributed by atoms with Crippen molar-refractivity contribution < 1.29 is 12.8 Å². The highest BCUT2D eigenvalue weighted by molar-refractivity contribution is 7.90. The fourth-order valence-electron chi connectivity index (χ4n) is 3.53. The molecule has 3 aromatic carbocycles. The van der Waals surface area contributed by atoms with Gasteiger partial charge in [0.25, 0.3) is 0 Å². The topological polar surface area (TPSA) is 64.3 Å². The smallest absolute Gasteiger partial charge is 0.201 e. The average Bonchev–Trinajstić information content (AvgIpc) is 3.17. The van der Waals surface area contributed by atoms with E-state index in [0.717, 1.165) is 15.0 Å². The largest absolute Gasteiger partial charge is 0.455 e. The van der Waals surface area contributed by atoms with Crippen LogP contribution >= 0.6 is 11.3 Å². The van der Waals surface area contributed by atoms with Gasteiger partial charge >= 0.3 is 0 Å². The van der Waals surface area contributed by atoms with E-state index in [2.05, 4.69) is 0 Å². The monoisotopic (exact) mass is 432 g/mol. The minimum atomic E-state index is -3.31. The Balaban J connectivity index is 1.82. The Morgan fingerprint density at radius 3 is 2.30 bits per heavy atom. The molecular weight excluding hydrogens is 416 g/mol. The highest BCUT2D eigenvalue weighted by atomic mass is 32.2. The highest BCUT2D eigenvalue weighted by Crippen LogP contribution is 2.38. The van der Waals surface area contributed by atoms with E-state index >= 15 is 0 Å². The first-order valence-electron chi connectivity index (χ1n) is 9.27. The van der Waals surface area contributed by atoms with E-state index in [1.807, 2.05) is 42.5 Å². The second-order valence-electron chi connectivity index (χ2n) is 7.08. The summed E-state index contributed by atoms with van der Waals surface area (Å²) in [5, 5.41) is 1.57. The van der Waals surface area contributed by atoms with E-state index in [1.165, 1.54) is 29.7 Å². The summed E-state index contributed by atoms with van der Waals surface area (Å²) in [7, 11) is -3.31. The molecule has 0 fully saturated rings. The molecule has 5 rings (SSSR count). The maximum absolute atomic E-state index is 13.5. The molecule has 4 nitrogen and oxygen atoms in total. The second kappa shape index (κ2) is 6.93. The van der Waals surface area contributed by atoms with E-state index in [-0.39, 0.29) is 10.3 Å². The van der Waals surface area contributed by atoms with Gasteiger partial charge in [-0.05, 0) is 53.9 Å². The normalized spacial score (nSPS) is 11.9. The van der Waals surface area contributed by atoms with E-state index < -0.39 is 9.84 Å². The second-order valence-corrected chi connectivity index (χ2v) is 10.2. The van der Waals surface area contributed by atoms with Crippen molar-refractivity contribution in [1.29, 1.82) is 0 Å².